The first-order valence-corrected chi connectivity index (χ1v) is 6.64. The lowest BCUT2D eigenvalue weighted by molar-refractivity contribution is -0.137. The SMILES string of the molecule is Cc1ccc(C(F)(F)F)cc1NC(=O)CC(N)C(C)(C)C. The van der Waals surface area contributed by atoms with Crippen molar-refractivity contribution in [2.45, 2.75) is 46.3 Å². The summed E-state index contributed by atoms with van der Waals surface area (Å²) < 4.78 is 38.0. The fourth-order valence-electron chi connectivity index (χ4n) is 1.64. The number of amides is 1. The third kappa shape index (κ3) is 5.04. The van der Waals surface area contributed by atoms with Gasteiger partial charge in [-0.2, -0.15) is 13.2 Å². The third-order valence-electron chi connectivity index (χ3n) is 3.36. The van der Waals surface area contributed by atoms with Crippen molar-refractivity contribution in [3.05, 3.63) is 29.3 Å². The van der Waals surface area contributed by atoms with E-state index in [1.54, 1.807) is 6.92 Å². The number of aryl methyl sites for hydroxylation is 1. The van der Waals surface area contributed by atoms with Gasteiger partial charge in [0.15, 0.2) is 0 Å². The van der Waals surface area contributed by atoms with Crippen molar-refractivity contribution in [2.75, 3.05) is 5.32 Å². The normalized spacial score (nSPS) is 13.9. The highest BCUT2D eigenvalue weighted by atomic mass is 19.4. The van der Waals surface area contributed by atoms with Gasteiger partial charge in [0.25, 0.3) is 0 Å². The number of halogens is 3. The molecule has 1 amide bonds. The number of nitrogens with two attached hydrogens (primary N) is 1. The second-order valence-corrected chi connectivity index (χ2v) is 6.25. The molecule has 118 valence electrons. The van der Waals surface area contributed by atoms with Crippen LogP contribution < -0.4 is 11.1 Å². The average molecular weight is 302 g/mol. The smallest absolute Gasteiger partial charge is 0.327 e. The number of hydrogen-bond donors (Lipinski definition) is 2. The topological polar surface area (TPSA) is 55.1 Å². The van der Waals surface area contributed by atoms with Crippen LogP contribution in [-0.2, 0) is 11.0 Å². The van der Waals surface area contributed by atoms with E-state index in [4.69, 9.17) is 5.73 Å². The van der Waals surface area contributed by atoms with Crippen LogP contribution >= 0.6 is 0 Å². The molecule has 1 rings (SSSR count). The quantitative estimate of drug-likeness (QED) is 0.894. The van der Waals surface area contributed by atoms with E-state index in [1.807, 2.05) is 20.8 Å². The molecule has 0 heterocycles. The van der Waals surface area contributed by atoms with Crippen LogP contribution in [0.15, 0.2) is 18.2 Å². The summed E-state index contributed by atoms with van der Waals surface area (Å²) in [6.07, 6.45) is -4.38. The van der Waals surface area contributed by atoms with Gasteiger partial charge in [0.2, 0.25) is 5.91 Å². The van der Waals surface area contributed by atoms with Gasteiger partial charge in [0.05, 0.1) is 5.56 Å². The molecule has 0 aromatic heterocycles. The van der Waals surface area contributed by atoms with Crippen LogP contribution in [0.2, 0.25) is 0 Å². The number of carbonyl (C=O) groups excluding carboxylic acids is 1. The van der Waals surface area contributed by atoms with Gasteiger partial charge in [-0.3, -0.25) is 4.79 Å². The van der Waals surface area contributed by atoms with Gasteiger partial charge in [-0.05, 0) is 30.0 Å². The van der Waals surface area contributed by atoms with E-state index in [-0.39, 0.29) is 29.5 Å². The van der Waals surface area contributed by atoms with Crippen LogP contribution in [-0.4, -0.2) is 11.9 Å². The van der Waals surface area contributed by atoms with Crippen molar-refractivity contribution in [2.24, 2.45) is 11.1 Å². The Labute approximate surface area is 122 Å². The summed E-state index contributed by atoms with van der Waals surface area (Å²) in [5, 5.41) is 2.51. The summed E-state index contributed by atoms with van der Waals surface area (Å²) >= 11 is 0. The Kier molecular flexibility index (Phi) is 5.04. The molecule has 0 aliphatic carbocycles. The Bertz CT molecular complexity index is 519. The van der Waals surface area contributed by atoms with Gasteiger partial charge in [-0.1, -0.05) is 26.8 Å². The largest absolute Gasteiger partial charge is 0.416 e. The molecular weight excluding hydrogens is 281 g/mol. The Morgan fingerprint density at radius 2 is 1.86 bits per heavy atom. The first kappa shape index (κ1) is 17.5. The number of nitrogens with one attached hydrogen (secondary N) is 1. The van der Waals surface area contributed by atoms with E-state index in [2.05, 4.69) is 5.32 Å². The molecule has 1 aromatic carbocycles. The van der Waals surface area contributed by atoms with Gasteiger partial charge >= 0.3 is 6.18 Å². The minimum atomic E-state index is -4.44. The van der Waals surface area contributed by atoms with Crippen LogP contribution in [0.3, 0.4) is 0 Å². The Morgan fingerprint density at radius 1 is 1.29 bits per heavy atom. The minimum Gasteiger partial charge on any atom is -0.327 e. The Morgan fingerprint density at radius 3 is 2.33 bits per heavy atom. The zero-order chi connectivity index (χ0) is 16.4. The Balaban J connectivity index is 2.86. The van der Waals surface area contributed by atoms with Gasteiger partial charge in [-0.25, -0.2) is 0 Å². The molecule has 0 fully saturated rings. The van der Waals surface area contributed by atoms with E-state index in [0.717, 1.165) is 12.1 Å². The molecule has 0 aliphatic rings. The summed E-state index contributed by atoms with van der Waals surface area (Å²) in [4.78, 5) is 11.9. The second-order valence-electron chi connectivity index (χ2n) is 6.25. The molecule has 0 aliphatic heterocycles. The first-order chi connectivity index (χ1) is 9.41. The van der Waals surface area contributed by atoms with Crippen LogP contribution in [0.5, 0.6) is 0 Å². The molecule has 21 heavy (non-hydrogen) atoms. The molecule has 0 bridgehead atoms. The molecule has 3 nitrogen and oxygen atoms in total. The van der Waals surface area contributed by atoms with E-state index in [1.165, 1.54) is 6.07 Å². The van der Waals surface area contributed by atoms with Gasteiger partial charge < -0.3 is 11.1 Å². The molecule has 0 radical (unpaired) electrons. The molecule has 3 N–H and O–H groups in total. The van der Waals surface area contributed by atoms with E-state index < -0.39 is 11.7 Å². The Hall–Kier alpha value is -1.56. The fraction of sp³-hybridized carbons (Fsp3) is 0.533. The zero-order valence-corrected chi connectivity index (χ0v) is 12.6. The van der Waals surface area contributed by atoms with Crippen molar-refractivity contribution >= 4 is 11.6 Å². The third-order valence-corrected chi connectivity index (χ3v) is 3.36. The highest BCUT2D eigenvalue weighted by Crippen LogP contribution is 2.32. The van der Waals surface area contributed by atoms with Crippen LogP contribution in [0.4, 0.5) is 18.9 Å². The predicted octanol–water partition coefficient (Wildman–Crippen LogP) is 3.72. The number of hydrogen-bond acceptors (Lipinski definition) is 2. The maximum absolute atomic E-state index is 12.7. The van der Waals surface area contributed by atoms with E-state index in [0.29, 0.717) is 5.56 Å². The van der Waals surface area contributed by atoms with Crippen molar-refractivity contribution in [1.82, 2.24) is 0 Å². The second kappa shape index (κ2) is 6.05. The van der Waals surface area contributed by atoms with Crippen molar-refractivity contribution < 1.29 is 18.0 Å². The number of rotatable bonds is 3. The monoisotopic (exact) mass is 302 g/mol. The predicted molar refractivity (Wildman–Crippen MR) is 76.9 cm³/mol. The summed E-state index contributed by atoms with van der Waals surface area (Å²) in [5.41, 5.74) is 5.60. The summed E-state index contributed by atoms with van der Waals surface area (Å²) in [6.45, 7) is 7.35. The van der Waals surface area contributed by atoms with Crippen LogP contribution in [0, 0.1) is 12.3 Å². The average Bonchev–Trinajstić information content (AvgIpc) is 2.29. The molecular formula is C15H21F3N2O. The van der Waals surface area contributed by atoms with Crippen LogP contribution in [0.25, 0.3) is 0 Å². The lowest BCUT2D eigenvalue weighted by Crippen LogP contribution is -2.38. The lowest BCUT2D eigenvalue weighted by atomic mass is 9.85. The molecule has 1 atom stereocenters. The number of alkyl halides is 3. The molecule has 0 spiro atoms. The van der Waals surface area contributed by atoms with Gasteiger partial charge in [-0.15, -0.1) is 0 Å². The van der Waals surface area contributed by atoms with E-state index in [9.17, 15) is 18.0 Å². The van der Waals surface area contributed by atoms with Crippen molar-refractivity contribution in [1.29, 1.82) is 0 Å². The summed E-state index contributed by atoms with van der Waals surface area (Å²) in [6, 6.07) is 2.90. The maximum Gasteiger partial charge on any atom is 0.416 e. The summed E-state index contributed by atoms with van der Waals surface area (Å²) in [5.74, 6) is -0.389. The molecule has 0 saturated heterocycles. The van der Waals surface area contributed by atoms with Gasteiger partial charge in [0.1, 0.15) is 0 Å². The molecule has 0 saturated carbocycles. The first-order valence-electron chi connectivity index (χ1n) is 6.64. The van der Waals surface area contributed by atoms with Gasteiger partial charge in [0, 0.05) is 18.2 Å². The van der Waals surface area contributed by atoms with Crippen molar-refractivity contribution in [3.63, 3.8) is 0 Å². The standard InChI is InChI=1S/C15H21F3N2O/c1-9-5-6-10(15(16,17)18)7-11(9)20-13(21)8-12(19)14(2,3)4/h5-7,12H,8,19H2,1-4H3,(H,20,21). The van der Waals surface area contributed by atoms with Crippen LogP contribution in [0.1, 0.15) is 38.3 Å². The zero-order valence-electron chi connectivity index (χ0n) is 12.6. The van der Waals surface area contributed by atoms with E-state index >= 15 is 0 Å². The fourth-order valence-corrected chi connectivity index (χ4v) is 1.64. The summed E-state index contributed by atoms with van der Waals surface area (Å²) in [7, 11) is 0. The highest BCUT2D eigenvalue weighted by molar-refractivity contribution is 5.92. The number of benzene rings is 1. The minimum absolute atomic E-state index is 0.0547. The lowest BCUT2D eigenvalue weighted by Gasteiger charge is -2.26. The molecule has 1 aromatic rings. The highest BCUT2D eigenvalue weighted by Gasteiger charge is 2.31. The maximum atomic E-state index is 12.7. The number of carbonyl (C=O) groups is 1. The number of anilines is 1. The molecule has 1 unspecified atom stereocenters. The molecule has 6 heteroatoms. The van der Waals surface area contributed by atoms with Crippen molar-refractivity contribution in [3.8, 4) is 0 Å².